The normalized spacial score (nSPS) is 15.9. The molecule has 15 heavy (non-hydrogen) atoms. The molecule has 1 aliphatic carbocycles. The van der Waals surface area contributed by atoms with Crippen LogP contribution in [0.25, 0.3) is 0 Å². The van der Waals surface area contributed by atoms with Crippen LogP contribution < -0.4 is 10.2 Å². The number of anilines is 2. The van der Waals surface area contributed by atoms with Crippen LogP contribution in [-0.2, 0) is 0 Å². The molecule has 0 atom stereocenters. The van der Waals surface area contributed by atoms with Crippen molar-refractivity contribution in [3.8, 4) is 0 Å². The second-order valence-electron chi connectivity index (χ2n) is 4.19. The minimum atomic E-state index is 0.827. The third-order valence-corrected chi connectivity index (χ3v) is 3.03. The maximum absolute atomic E-state index is 4.45. The van der Waals surface area contributed by atoms with E-state index >= 15 is 0 Å². The lowest BCUT2D eigenvalue weighted by Crippen LogP contribution is -2.30. The Labute approximate surface area is 90.7 Å². The van der Waals surface area contributed by atoms with Crippen LogP contribution in [0.5, 0.6) is 0 Å². The van der Waals surface area contributed by atoms with Crippen LogP contribution in [0.2, 0.25) is 0 Å². The van der Waals surface area contributed by atoms with Crippen molar-refractivity contribution >= 4 is 11.6 Å². The van der Waals surface area contributed by atoms with Crippen LogP contribution in [0.3, 0.4) is 0 Å². The zero-order chi connectivity index (χ0) is 10.7. The minimum Gasteiger partial charge on any atom is -0.372 e. The third-order valence-electron chi connectivity index (χ3n) is 3.03. The van der Waals surface area contributed by atoms with E-state index < -0.39 is 0 Å². The summed E-state index contributed by atoms with van der Waals surface area (Å²) in [5, 5.41) is 3.00. The van der Waals surface area contributed by atoms with Gasteiger partial charge < -0.3 is 10.2 Å². The fourth-order valence-corrected chi connectivity index (χ4v) is 1.82. The van der Waals surface area contributed by atoms with Crippen LogP contribution in [0, 0.1) is 5.92 Å². The molecule has 2 rings (SSSR count). The van der Waals surface area contributed by atoms with Gasteiger partial charge in [-0.1, -0.05) is 6.42 Å². The molecule has 1 fully saturated rings. The molecule has 0 aliphatic heterocycles. The van der Waals surface area contributed by atoms with Gasteiger partial charge in [0, 0.05) is 20.6 Å². The van der Waals surface area contributed by atoms with Crippen LogP contribution in [0.4, 0.5) is 11.6 Å². The van der Waals surface area contributed by atoms with Gasteiger partial charge in [0.15, 0.2) is 0 Å². The molecule has 1 N–H and O–H groups in total. The second kappa shape index (κ2) is 4.47. The maximum atomic E-state index is 4.45. The fourth-order valence-electron chi connectivity index (χ4n) is 1.82. The zero-order valence-corrected chi connectivity index (χ0v) is 9.40. The summed E-state index contributed by atoms with van der Waals surface area (Å²) in [5.74, 6) is 2.64. The predicted octanol–water partition coefficient (Wildman–Crippen LogP) is 1.75. The summed E-state index contributed by atoms with van der Waals surface area (Å²) in [5.41, 5.74) is 0. The van der Waals surface area contributed by atoms with E-state index in [2.05, 4.69) is 27.2 Å². The van der Waals surface area contributed by atoms with E-state index in [-0.39, 0.29) is 0 Å². The molecule has 0 bridgehead atoms. The number of hydrogen-bond acceptors (Lipinski definition) is 4. The Bertz CT molecular complexity index is 322. The molecular weight excluding hydrogens is 188 g/mol. The lowest BCUT2D eigenvalue weighted by Gasteiger charge is -2.30. The summed E-state index contributed by atoms with van der Waals surface area (Å²) >= 11 is 0. The highest BCUT2D eigenvalue weighted by molar-refractivity contribution is 5.42. The smallest absolute Gasteiger partial charge is 0.149 e. The van der Waals surface area contributed by atoms with Gasteiger partial charge in [0.05, 0.1) is 12.4 Å². The predicted molar refractivity (Wildman–Crippen MR) is 62.2 cm³/mol. The molecule has 0 radical (unpaired) electrons. The van der Waals surface area contributed by atoms with Crippen molar-refractivity contribution in [2.75, 3.05) is 30.9 Å². The molecule has 1 aromatic heterocycles. The molecular formula is C11H18N4. The lowest BCUT2D eigenvalue weighted by molar-refractivity contribution is 0.321. The van der Waals surface area contributed by atoms with E-state index in [9.17, 15) is 0 Å². The Kier molecular flexibility index (Phi) is 3.04. The van der Waals surface area contributed by atoms with E-state index in [0.29, 0.717) is 0 Å². The first-order chi connectivity index (χ1) is 7.29. The molecule has 4 nitrogen and oxygen atoms in total. The Morgan fingerprint density at radius 3 is 2.87 bits per heavy atom. The molecule has 4 heteroatoms. The third kappa shape index (κ3) is 2.37. The van der Waals surface area contributed by atoms with Gasteiger partial charge >= 0.3 is 0 Å². The van der Waals surface area contributed by atoms with Gasteiger partial charge in [0.2, 0.25) is 0 Å². The van der Waals surface area contributed by atoms with Crippen molar-refractivity contribution in [2.24, 2.45) is 5.92 Å². The van der Waals surface area contributed by atoms with Crippen LogP contribution in [0.1, 0.15) is 19.3 Å². The van der Waals surface area contributed by atoms with E-state index in [4.69, 9.17) is 0 Å². The number of nitrogens with one attached hydrogen (secondary N) is 1. The maximum Gasteiger partial charge on any atom is 0.149 e. The summed E-state index contributed by atoms with van der Waals surface area (Å²) < 4.78 is 0. The standard InChI is InChI=1S/C11H18N4/c1-12-10-6-13-7-11(14-10)15(2)8-9-4-3-5-9/h6-7,9H,3-5,8H2,1-2H3,(H,12,14). The molecule has 1 aromatic rings. The highest BCUT2D eigenvalue weighted by Gasteiger charge is 2.19. The average molecular weight is 206 g/mol. The van der Waals surface area contributed by atoms with Crippen molar-refractivity contribution < 1.29 is 0 Å². The Morgan fingerprint density at radius 1 is 1.47 bits per heavy atom. The van der Waals surface area contributed by atoms with E-state index in [0.717, 1.165) is 24.1 Å². The molecule has 0 amide bonds. The van der Waals surface area contributed by atoms with Crippen molar-refractivity contribution in [1.29, 1.82) is 0 Å². The fraction of sp³-hybridized carbons (Fsp3) is 0.636. The Hall–Kier alpha value is -1.32. The first-order valence-corrected chi connectivity index (χ1v) is 5.50. The monoisotopic (exact) mass is 206 g/mol. The zero-order valence-electron chi connectivity index (χ0n) is 9.40. The second-order valence-corrected chi connectivity index (χ2v) is 4.19. The van der Waals surface area contributed by atoms with Gasteiger partial charge in [0.1, 0.15) is 11.6 Å². The summed E-state index contributed by atoms with van der Waals surface area (Å²) in [6.07, 6.45) is 7.67. The molecule has 0 spiro atoms. The van der Waals surface area contributed by atoms with Gasteiger partial charge in [-0.3, -0.25) is 4.98 Å². The number of aromatic nitrogens is 2. The van der Waals surface area contributed by atoms with Crippen molar-refractivity contribution in [3.05, 3.63) is 12.4 Å². The topological polar surface area (TPSA) is 41.1 Å². The van der Waals surface area contributed by atoms with E-state index in [1.54, 1.807) is 6.20 Å². The molecule has 0 saturated heterocycles. The number of nitrogens with zero attached hydrogens (tertiary/aromatic N) is 3. The van der Waals surface area contributed by atoms with Crippen molar-refractivity contribution in [1.82, 2.24) is 9.97 Å². The van der Waals surface area contributed by atoms with Gasteiger partial charge in [-0.15, -0.1) is 0 Å². The molecule has 1 saturated carbocycles. The van der Waals surface area contributed by atoms with Crippen LogP contribution in [0.15, 0.2) is 12.4 Å². The highest BCUT2D eigenvalue weighted by Crippen LogP contribution is 2.27. The number of hydrogen-bond donors (Lipinski definition) is 1. The van der Waals surface area contributed by atoms with Gasteiger partial charge in [-0.2, -0.15) is 0 Å². The summed E-state index contributed by atoms with van der Waals surface area (Å²) in [7, 11) is 3.95. The minimum absolute atomic E-state index is 0.827. The number of rotatable bonds is 4. The SMILES string of the molecule is CNc1cncc(N(C)CC2CCC2)n1. The first-order valence-electron chi connectivity index (χ1n) is 5.50. The largest absolute Gasteiger partial charge is 0.372 e. The Balaban J connectivity index is 1.99. The van der Waals surface area contributed by atoms with Gasteiger partial charge in [0.25, 0.3) is 0 Å². The highest BCUT2D eigenvalue weighted by atomic mass is 15.2. The molecule has 0 aromatic carbocycles. The molecule has 1 aliphatic rings. The van der Waals surface area contributed by atoms with E-state index in [1.807, 2.05) is 13.2 Å². The summed E-state index contributed by atoms with van der Waals surface area (Å²) in [6, 6.07) is 0. The average Bonchev–Trinajstić information content (AvgIpc) is 2.23. The summed E-state index contributed by atoms with van der Waals surface area (Å²) in [6.45, 7) is 1.10. The van der Waals surface area contributed by atoms with Crippen LogP contribution >= 0.6 is 0 Å². The first kappa shape index (κ1) is 10.2. The van der Waals surface area contributed by atoms with Crippen molar-refractivity contribution in [2.45, 2.75) is 19.3 Å². The van der Waals surface area contributed by atoms with Crippen LogP contribution in [-0.4, -0.2) is 30.6 Å². The molecule has 82 valence electrons. The van der Waals surface area contributed by atoms with E-state index in [1.165, 1.54) is 19.3 Å². The van der Waals surface area contributed by atoms with Crippen molar-refractivity contribution in [3.63, 3.8) is 0 Å². The Morgan fingerprint density at radius 2 is 2.27 bits per heavy atom. The van der Waals surface area contributed by atoms with Gasteiger partial charge in [-0.25, -0.2) is 4.98 Å². The molecule has 1 heterocycles. The summed E-state index contributed by atoms with van der Waals surface area (Å²) in [4.78, 5) is 10.8. The lowest BCUT2D eigenvalue weighted by atomic mass is 9.85. The van der Waals surface area contributed by atoms with Gasteiger partial charge in [-0.05, 0) is 18.8 Å². The molecule has 0 unspecified atom stereocenters. The quantitative estimate of drug-likeness (QED) is 0.815.